The van der Waals surface area contributed by atoms with Crippen molar-refractivity contribution in [1.29, 1.82) is 0 Å². The molecule has 52 heavy (non-hydrogen) atoms. The van der Waals surface area contributed by atoms with Gasteiger partial charge in [0.1, 0.15) is 11.2 Å². The third kappa shape index (κ3) is 4.20. The molecule has 11 rings (SSSR count). The van der Waals surface area contributed by atoms with Crippen LogP contribution in [-0.2, 0) is 5.41 Å². The lowest BCUT2D eigenvalue weighted by Crippen LogP contribution is -2.15. The molecule has 0 saturated carbocycles. The fourth-order valence-corrected chi connectivity index (χ4v) is 8.70. The molecule has 1 aliphatic carbocycles. The maximum Gasteiger partial charge on any atom is 0.136 e. The van der Waals surface area contributed by atoms with Gasteiger partial charge < -0.3 is 4.42 Å². The van der Waals surface area contributed by atoms with Crippen LogP contribution in [0, 0.1) is 0 Å². The molecule has 0 saturated heterocycles. The first kappa shape index (κ1) is 29.2. The Labute approximate surface area is 300 Å². The molecular weight excluding hydrogens is 633 g/mol. The van der Waals surface area contributed by atoms with Crippen LogP contribution in [-0.4, -0.2) is 9.97 Å². The van der Waals surface area contributed by atoms with Crippen LogP contribution in [0.1, 0.15) is 25.0 Å². The largest absolute Gasteiger partial charge is 0.456 e. The van der Waals surface area contributed by atoms with Gasteiger partial charge in [0.25, 0.3) is 0 Å². The lowest BCUT2D eigenvalue weighted by Gasteiger charge is -2.23. The van der Waals surface area contributed by atoms with Gasteiger partial charge in [0.15, 0.2) is 0 Å². The number of furan rings is 1. The average molecular weight is 665 g/mol. The van der Waals surface area contributed by atoms with Crippen molar-refractivity contribution >= 4 is 54.5 Å². The van der Waals surface area contributed by atoms with E-state index in [1.54, 1.807) is 0 Å². The molecule has 0 N–H and O–H groups in total. The molecule has 10 aromatic rings. The first-order valence-electron chi connectivity index (χ1n) is 17.9. The molecule has 3 nitrogen and oxygen atoms in total. The van der Waals surface area contributed by atoms with Crippen molar-refractivity contribution in [2.75, 3.05) is 0 Å². The molecule has 3 heteroatoms. The summed E-state index contributed by atoms with van der Waals surface area (Å²) in [5.41, 5.74) is 15.5. The van der Waals surface area contributed by atoms with Crippen LogP contribution < -0.4 is 0 Å². The van der Waals surface area contributed by atoms with Gasteiger partial charge in [-0.15, -0.1) is 0 Å². The fourth-order valence-electron chi connectivity index (χ4n) is 8.70. The summed E-state index contributed by atoms with van der Waals surface area (Å²) < 4.78 is 6.56. The van der Waals surface area contributed by atoms with E-state index >= 15 is 0 Å². The number of rotatable bonds is 3. The second-order valence-corrected chi connectivity index (χ2v) is 14.6. The first-order valence-corrected chi connectivity index (χ1v) is 17.9. The summed E-state index contributed by atoms with van der Waals surface area (Å²) in [5, 5.41) is 6.93. The van der Waals surface area contributed by atoms with Gasteiger partial charge >= 0.3 is 0 Å². The Morgan fingerprint density at radius 2 is 1.19 bits per heavy atom. The van der Waals surface area contributed by atoms with Crippen LogP contribution in [0.3, 0.4) is 0 Å². The smallest absolute Gasteiger partial charge is 0.136 e. The summed E-state index contributed by atoms with van der Waals surface area (Å²) in [7, 11) is 0. The third-order valence-corrected chi connectivity index (χ3v) is 11.2. The van der Waals surface area contributed by atoms with Gasteiger partial charge in [-0.3, -0.25) is 4.98 Å². The van der Waals surface area contributed by atoms with E-state index in [0.29, 0.717) is 0 Å². The molecule has 0 aliphatic heterocycles. The molecule has 0 radical (unpaired) electrons. The van der Waals surface area contributed by atoms with E-state index in [9.17, 15) is 0 Å². The molecule has 0 bridgehead atoms. The van der Waals surface area contributed by atoms with E-state index in [0.717, 1.165) is 55.4 Å². The molecule has 244 valence electrons. The summed E-state index contributed by atoms with van der Waals surface area (Å²) >= 11 is 0. The minimum atomic E-state index is -0.170. The number of nitrogens with zero attached hydrogens (tertiary/aromatic N) is 2. The first-order chi connectivity index (χ1) is 25.5. The third-order valence-electron chi connectivity index (χ3n) is 11.2. The maximum atomic E-state index is 6.56. The molecule has 0 amide bonds. The number of aromatic nitrogens is 2. The lowest BCUT2D eigenvalue weighted by molar-refractivity contribution is 0.657. The molecule has 0 unspecified atom stereocenters. The average Bonchev–Trinajstić information content (AvgIpc) is 3.68. The maximum absolute atomic E-state index is 6.56. The molecule has 0 spiro atoms. The van der Waals surface area contributed by atoms with Gasteiger partial charge in [0, 0.05) is 44.3 Å². The zero-order valence-corrected chi connectivity index (χ0v) is 28.8. The van der Waals surface area contributed by atoms with Gasteiger partial charge in [0.05, 0.1) is 16.7 Å². The molecule has 7 aromatic carbocycles. The summed E-state index contributed by atoms with van der Waals surface area (Å²) in [6.45, 7) is 4.71. The van der Waals surface area contributed by atoms with E-state index in [1.165, 1.54) is 54.9 Å². The van der Waals surface area contributed by atoms with Crippen molar-refractivity contribution in [2.24, 2.45) is 0 Å². The summed E-state index contributed by atoms with van der Waals surface area (Å²) in [6.07, 6.45) is 1.96. The molecule has 1 aliphatic rings. The van der Waals surface area contributed by atoms with Gasteiger partial charge in [0.2, 0.25) is 0 Å². The zero-order chi connectivity index (χ0) is 34.6. The SMILES string of the molecule is CC1(C)c2ccccc2-c2c(-c3ccc4cc(-c5ccc6ccc7cc(-c8ccccc8)cnc7c6n5)ccc4c3)cc3oc4ccccc4c3c21. The highest BCUT2D eigenvalue weighted by atomic mass is 16.3. The Kier molecular flexibility index (Phi) is 6.01. The molecule has 3 heterocycles. The number of para-hydroxylation sites is 1. The van der Waals surface area contributed by atoms with E-state index in [2.05, 4.69) is 159 Å². The molecule has 3 aromatic heterocycles. The van der Waals surface area contributed by atoms with E-state index in [1.807, 2.05) is 12.3 Å². The minimum Gasteiger partial charge on any atom is -0.456 e. The van der Waals surface area contributed by atoms with E-state index in [-0.39, 0.29) is 5.41 Å². The Morgan fingerprint density at radius 3 is 2.08 bits per heavy atom. The molecule has 0 fully saturated rings. The number of fused-ring (bicyclic) bond motifs is 11. The molecule has 0 atom stereocenters. The van der Waals surface area contributed by atoms with Gasteiger partial charge in [-0.1, -0.05) is 129 Å². The minimum absolute atomic E-state index is 0.170. The summed E-state index contributed by atoms with van der Waals surface area (Å²) in [6, 6.07) is 54.3. The van der Waals surface area contributed by atoms with Crippen LogP contribution in [0.2, 0.25) is 0 Å². The Balaban J connectivity index is 1.04. The van der Waals surface area contributed by atoms with Crippen LogP contribution in [0.5, 0.6) is 0 Å². The quantitative estimate of drug-likeness (QED) is 0.176. The van der Waals surface area contributed by atoms with E-state index in [4.69, 9.17) is 14.4 Å². The Bertz CT molecular complexity index is 3100. The monoisotopic (exact) mass is 664 g/mol. The van der Waals surface area contributed by atoms with Crippen molar-refractivity contribution in [3.63, 3.8) is 0 Å². The molecular formula is C49H32N2O. The zero-order valence-electron chi connectivity index (χ0n) is 28.8. The predicted octanol–water partition coefficient (Wildman–Crippen LogP) is 13.1. The van der Waals surface area contributed by atoms with Crippen LogP contribution in [0.25, 0.3) is 99.2 Å². The number of benzene rings is 7. The van der Waals surface area contributed by atoms with Gasteiger partial charge in [-0.05, 0) is 86.1 Å². The second-order valence-electron chi connectivity index (χ2n) is 14.6. The van der Waals surface area contributed by atoms with Crippen LogP contribution in [0.4, 0.5) is 0 Å². The highest BCUT2D eigenvalue weighted by Crippen LogP contribution is 2.56. The van der Waals surface area contributed by atoms with Crippen LogP contribution >= 0.6 is 0 Å². The van der Waals surface area contributed by atoms with Crippen molar-refractivity contribution in [3.8, 4) is 44.6 Å². The fraction of sp³-hybridized carbons (Fsp3) is 0.0612. The van der Waals surface area contributed by atoms with Crippen molar-refractivity contribution in [3.05, 3.63) is 169 Å². The topological polar surface area (TPSA) is 38.9 Å². The van der Waals surface area contributed by atoms with Gasteiger partial charge in [-0.2, -0.15) is 0 Å². The van der Waals surface area contributed by atoms with Crippen LogP contribution in [0.15, 0.2) is 162 Å². The Hall–Kier alpha value is -6.58. The van der Waals surface area contributed by atoms with Crippen molar-refractivity contribution in [2.45, 2.75) is 19.3 Å². The van der Waals surface area contributed by atoms with Crippen molar-refractivity contribution in [1.82, 2.24) is 9.97 Å². The highest BCUT2D eigenvalue weighted by molar-refractivity contribution is 6.14. The second kappa shape index (κ2) is 10.7. The summed E-state index contributed by atoms with van der Waals surface area (Å²) in [4.78, 5) is 10.1. The number of pyridine rings is 2. The normalized spacial score (nSPS) is 13.3. The number of hydrogen-bond donors (Lipinski definition) is 0. The van der Waals surface area contributed by atoms with Crippen molar-refractivity contribution < 1.29 is 4.42 Å². The van der Waals surface area contributed by atoms with Gasteiger partial charge in [-0.25, -0.2) is 4.98 Å². The summed E-state index contributed by atoms with van der Waals surface area (Å²) in [5.74, 6) is 0. The number of hydrogen-bond acceptors (Lipinski definition) is 3. The Morgan fingerprint density at radius 1 is 0.500 bits per heavy atom. The lowest BCUT2D eigenvalue weighted by atomic mass is 9.79. The predicted molar refractivity (Wildman–Crippen MR) is 216 cm³/mol. The highest BCUT2D eigenvalue weighted by Gasteiger charge is 2.39. The van der Waals surface area contributed by atoms with E-state index < -0.39 is 0 Å². The standard InChI is InChI=1S/C49H32N2O/c1-49(2)40-14-8-6-12-37(40)44-39(27-43-45(46(44)49)38-13-7-9-15-42(38)52-43)33-19-17-32-25-34(20-18-31(32)24-33)41-23-22-30-16-21-35-26-36(29-10-4-3-5-11-29)28-50-47(35)48(30)51-41/h3-28H,1-2H3.